The molecule has 1 aliphatic heterocycles. The number of carbonyl (C=O) groups excluding carboxylic acids is 1. The van der Waals surface area contributed by atoms with Gasteiger partial charge < -0.3 is 14.9 Å². The average molecular weight is 172 g/mol. The van der Waals surface area contributed by atoms with Gasteiger partial charge in [0.2, 0.25) is 0 Å². The predicted molar refractivity (Wildman–Crippen MR) is 39.1 cm³/mol. The summed E-state index contributed by atoms with van der Waals surface area (Å²) in [6.45, 7) is 0.310. The van der Waals surface area contributed by atoms with Crippen LogP contribution in [-0.2, 0) is 9.53 Å². The molecule has 0 aromatic rings. The van der Waals surface area contributed by atoms with Crippen LogP contribution in [0, 0.1) is 17.8 Å². The molecule has 0 aromatic carbocycles. The van der Waals surface area contributed by atoms with Crippen molar-refractivity contribution in [1.82, 2.24) is 0 Å². The lowest BCUT2D eigenvalue weighted by Gasteiger charge is -2.15. The lowest BCUT2D eigenvalue weighted by molar-refractivity contribution is -0.141. The molecule has 1 aliphatic carbocycles. The lowest BCUT2D eigenvalue weighted by atomic mass is 9.92. The Kier molecular flexibility index (Phi) is 1.81. The minimum atomic E-state index is -0.530. The number of carbonyl (C=O) groups is 1. The summed E-state index contributed by atoms with van der Waals surface area (Å²) in [6, 6.07) is 0. The molecule has 4 heteroatoms. The van der Waals surface area contributed by atoms with Crippen molar-refractivity contribution in [3.05, 3.63) is 0 Å². The molecule has 68 valence electrons. The Labute approximate surface area is 70.1 Å². The maximum absolute atomic E-state index is 11.0. The Hall–Kier alpha value is -0.610. The van der Waals surface area contributed by atoms with Gasteiger partial charge in [-0.25, -0.2) is 0 Å². The highest BCUT2D eigenvalue weighted by atomic mass is 16.5. The largest absolute Gasteiger partial charge is 0.465 e. The van der Waals surface area contributed by atoms with E-state index in [0.717, 1.165) is 0 Å². The van der Waals surface area contributed by atoms with Crippen LogP contribution in [0.1, 0.15) is 6.42 Å². The first kappa shape index (κ1) is 8.01. The minimum Gasteiger partial charge on any atom is -0.465 e. The van der Waals surface area contributed by atoms with Crippen molar-refractivity contribution in [3.63, 3.8) is 0 Å². The van der Waals surface area contributed by atoms with Gasteiger partial charge >= 0.3 is 5.97 Å². The van der Waals surface area contributed by atoms with Crippen LogP contribution in [0.25, 0.3) is 0 Å². The van der Waals surface area contributed by atoms with Crippen molar-refractivity contribution < 1.29 is 19.7 Å². The number of ether oxygens (including phenoxy) is 1. The van der Waals surface area contributed by atoms with Gasteiger partial charge in [0.15, 0.2) is 0 Å². The highest BCUT2D eigenvalue weighted by Crippen LogP contribution is 2.41. The summed E-state index contributed by atoms with van der Waals surface area (Å²) in [5, 5.41) is 18.4. The fraction of sp³-hybridized carbons (Fsp3) is 0.875. The van der Waals surface area contributed by atoms with E-state index in [1.54, 1.807) is 0 Å². The molecule has 0 bridgehead atoms. The summed E-state index contributed by atoms with van der Waals surface area (Å²) >= 11 is 0. The minimum absolute atomic E-state index is 0.0394. The first-order chi connectivity index (χ1) is 5.74. The number of hydrogen-bond acceptors (Lipinski definition) is 4. The van der Waals surface area contributed by atoms with Gasteiger partial charge in [-0.05, 0) is 6.42 Å². The Morgan fingerprint density at radius 3 is 3.00 bits per heavy atom. The first-order valence-electron chi connectivity index (χ1n) is 4.19. The van der Waals surface area contributed by atoms with E-state index in [4.69, 9.17) is 9.84 Å². The highest BCUT2D eigenvalue weighted by molar-refractivity contribution is 5.75. The molecule has 0 radical (unpaired) electrons. The fourth-order valence-electron chi connectivity index (χ4n) is 2.25. The van der Waals surface area contributed by atoms with Crippen molar-refractivity contribution in [1.29, 1.82) is 0 Å². The summed E-state index contributed by atoms with van der Waals surface area (Å²) < 4.78 is 4.84. The van der Waals surface area contributed by atoms with E-state index >= 15 is 0 Å². The van der Waals surface area contributed by atoms with Gasteiger partial charge in [-0.15, -0.1) is 0 Å². The van der Waals surface area contributed by atoms with Crippen LogP contribution < -0.4 is 0 Å². The van der Waals surface area contributed by atoms with Crippen molar-refractivity contribution >= 4 is 5.97 Å². The molecule has 2 rings (SSSR count). The van der Waals surface area contributed by atoms with Crippen LogP contribution in [0.5, 0.6) is 0 Å². The van der Waals surface area contributed by atoms with E-state index in [1.807, 2.05) is 0 Å². The lowest BCUT2D eigenvalue weighted by Crippen LogP contribution is -2.24. The molecule has 4 nitrogen and oxygen atoms in total. The number of rotatable bonds is 1. The zero-order chi connectivity index (χ0) is 8.72. The molecule has 2 N–H and O–H groups in total. The Morgan fingerprint density at radius 1 is 1.58 bits per heavy atom. The van der Waals surface area contributed by atoms with Crippen LogP contribution in [0.15, 0.2) is 0 Å². The van der Waals surface area contributed by atoms with Crippen LogP contribution in [0.2, 0.25) is 0 Å². The smallest absolute Gasteiger partial charge is 0.309 e. The van der Waals surface area contributed by atoms with E-state index < -0.39 is 6.10 Å². The molecule has 1 saturated heterocycles. The third-order valence-electron chi connectivity index (χ3n) is 2.99. The van der Waals surface area contributed by atoms with Crippen LogP contribution in [0.3, 0.4) is 0 Å². The van der Waals surface area contributed by atoms with Crippen LogP contribution in [-0.4, -0.2) is 35.5 Å². The van der Waals surface area contributed by atoms with Crippen molar-refractivity contribution in [2.75, 3.05) is 13.2 Å². The maximum Gasteiger partial charge on any atom is 0.309 e. The molecule has 0 unspecified atom stereocenters. The average Bonchev–Trinajstić information content (AvgIpc) is 2.52. The van der Waals surface area contributed by atoms with Crippen LogP contribution >= 0.6 is 0 Å². The molecule has 1 saturated carbocycles. The van der Waals surface area contributed by atoms with Gasteiger partial charge in [0.1, 0.15) is 0 Å². The van der Waals surface area contributed by atoms with E-state index in [9.17, 15) is 9.90 Å². The Bertz CT molecular complexity index is 203. The van der Waals surface area contributed by atoms with Gasteiger partial charge in [0.25, 0.3) is 0 Å². The topological polar surface area (TPSA) is 66.8 Å². The summed E-state index contributed by atoms with van der Waals surface area (Å²) in [6.07, 6.45) is -0.0767. The van der Waals surface area contributed by atoms with Gasteiger partial charge in [-0.1, -0.05) is 0 Å². The quantitative estimate of drug-likeness (QED) is 0.505. The first-order valence-corrected chi connectivity index (χ1v) is 4.19. The second-order valence-electron chi connectivity index (χ2n) is 3.55. The third-order valence-corrected chi connectivity index (χ3v) is 2.99. The zero-order valence-electron chi connectivity index (χ0n) is 6.64. The number of esters is 1. The monoisotopic (exact) mass is 172 g/mol. The summed E-state index contributed by atoms with van der Waals surface area (Å²) in [5.41, 5.74) is 0. The summed E-state index contributed by atoms with van der Waals surface area (Å²) in [7, 11) is 0. The number of fused-ring (bicyclic) bond motifs is 1. The van der Waals surface area contributed by atoms with Gasteiger partial charge in [0.05, 0.1) is 18.6 Å². The molecular weight excluding hydrogens is 160 g/mol. The van der Waals surface area contributed by atoms with Gasteiger partial charge in [0, 0.05) is 18.4 Å². The molecule has 0 spiro atoms. The second-order valence-corrected chi connectivity index (χ2v) is 3.55. The highest BCUT2D eigenvalue weighted by Gasteiger charge is 2.50. The Balaban J connectivity index is 2.15. The van der Waals surface area contributed by atoms with E-state index in [2.05, 4.69) is 0 Å². The van der Waals surface area contributed by atoms with Crippen molar-refractivity contribution in [3.8, 4) is 0 Å². The Morgan fingerprint density at radius 2 is 2.33 bits per heavy atom. The molecule has 0 aromatic heterocycles. The predicted octanol–water partition coefficient (Wildman–Crippen LogP) is -0.851. The van der Waals surface area contributed by atoms with Gasteiger partial charge in [-0.3, -0.25) is 4.79 Å². The molecular formula is C8H12O4. The van der Waals surface area contributed by atoms with E-state index in [0.29, 0.717) is 13.0 Å². The van der Waals surface area contributed by atoms with E-state index in [1.165, 1.54) is 0 Å². The molecule has 12 heavy (non-hydrogen) atoms. The zero-order valence-corrected chi connectivity index (χ0v) is 6.64. The van der Waals surface area contributed by atoms with Gasteiger partial charge in [-0.2, -0.15) is 0 Å². The van der Waals surface area contributed by atoms with Crippen molar-refractivity contribution in [2.45, 2.75) is 12.5 Å². The number of aliphatic hydroxyl groups is 2. The van der Waals surface area contributed by atoms with Crippen LogP contribution in [0.4, 0.5) is 0 Å². The summed E-state index contributed by atoms with van der Waals surface area (Å²) in [4.78, 5) is 11.0. The fourth-order valence-corrected chi connectivity index (χ4v) is 2.25. The molecule has 1 heterocycles. The maximum atomic E-state index is 11.0. The molecule has 2 fully saturated rings. The number of cyclic esters (lactones) is 1. The third kappa shape index (κ3) is 0.949. The van der Waals surface area contributed by atoms with Crippen molar-refractivity contribution in [2.24, 2.45) is 17.8 Å². The number of hydrogen-bond donors (Lipinski definition) is 2. The SMILES string of the molecule is O=C1OC[C@H]2[C@H](CO)[C@@H](O)C[C@@H]12. The summed E-state index contributed by atoms with van der Waals surface area (Å²) in [5.74, 6) is -0.508. The van der Waals surface area contributed by atoms with E-state index in [-0.39, 0.29) is 30.3 Å². The molecule has 2 aliphatic rings. The molecule has 4 atom stereocenters. The standard InChI is InChI=1S/C8H12O4/c9-2-5-6-3-12-8(11)4(6)1-7(5)10/h4-7,9-10H,1-3H2/t4-,5+,6-,7+/m1/s1. The normalized spacial score (nSPS) is 46.0. The number of aliphatic hydroxyl groups excluding tert-OH is 2. The second kappa shape index (κ2) is 2.71. The molecule has 0 amide bonds.